The molecule has 0 aromatic rings. The van der Waals surface area contributed by atoms with Crippen LogP contribution in [0, 0.1) is 6.92 Å². The lowest BCUT2D eigenvalue weighted by Crippen LogP contribution is -1.77. The number of allylic oxidation sites excluding steroid dienone is 2. The van der Waals surface area contributed by atoms with Gasteiger partial charge in [-0.3, -0.25) is 0 Å². The molecule has 0 aliphatic heterocycles. The van der Waals surface area contributed by atoms with E-state index in [-0.39, 0.29) is 0 Å². The van der Waals surface area contributed by atoms with Gasteiger partial charge < -0.3 is 0 Å². The zero-order chi connectivity index (χ0) is 9.78. The molecule has 0 rings (SSSR count). The molecule has 13 heavy (non-hydrogen) atoms. The van der Waals surface area contributed by atoms with Crippen molar-refractivity contribution in [3.63, 3.8) is 0 Å². The second-order valence-corrected chi connectivity index (χ2v) is 3.67. The van der Waals surface area contributed by atoms with Crippen LogP contribution >= 0.6 is 0 Å². The average molecular weight is 181 g/mol. The van der Waals surface area contributed by atoms with E-state index in [1.165, 1.54) is 51.4 Å². The van der Waals surface area contributed by atoms with Gasteiger partial charge >= 0.3 is 0 Å². The molecular formula is C13H25. The summed E-state index contributed by atoms with van der Waals surface area (Å²) < 4.78 is 0. The fraction of sp³-hybridized carbons (Fsp3) is 0.769. The van der Waals surface area contributed by atoms with Crippen LogP contribution in [0.25, 0.3) is 0 Å². The summed E-state index contributed by atoms with van der Waals surface area (Å²) in [7, 11) is 0. The van der Waals surface area contributed by atoms with Crippen molar-refractivity contribution in [3.05, 3.63) is 19.1 Å². The largest absolute Gasteiger partial charge is 0.0885 e. The van der Waals surface area contributed by atoms with Gasteiger partial charge in [0.15, 0.2) is 0 Å². The molecule has 0 saturated heterocycles. The fourth-order valence-corrected chi connectivity index (χ4v) is 1.37. The predicted octanol–water partition coefficient (Wildman–Crippen LogP) is 4.91. The molecule has 0 spiro atoms. The predicted molar refractivity (Wildman–Crippen MR) is 61.7 cm³/mol. The Labute approximate surface area is 84.4 Å². The highest BCUT2D eigenvalue weighted by Gasteiger charge is 1.87. The fourth-order valence-electron chi connectivity index (χ4n) is 1.37. The number of hydrogen-bond acceptors (Lipinski definition) is 0. The van der Waals surface area contributed by atoms with Gasteiger partial charge in [0.05, 0.1) is 0 Å². The molecule has 0 fully saturated rings. The molecule has 0 aromatic heterocycles. The Morgan fingerprint density at radius 2 is 1.46 bits per heavy atom. The Balaban J connectivity index is 2.91. The molecule has 0 unspecified atom stereocenters. The molecule has 0 heterocycles. The van der Waals surface area contributed by atoms with Crippen LogP contribution in [0.5, 0.6) is 0 Å². The summed E-state index contributed by atoms with van der Waals surface area (Å²) in [4.78, 5) is 0. The maximum absolute atomic E-state index is 3.84. The SMILES string of the molecule is [CH2]CCCCCCC/C=C/CCC. The van der Waals surface area contributed by atoms with Crippen molar-refractivity contribution < 1.29 is 0 Å². The van der Waals surface area contributed by atoms with Crippen molar-refractivity contribution in [2.75, 3.05) is 0 Å². The Kier molecular flexibility index (Phi) is 11.5. The second-order valence-electron chi connectivity index (χ2n) is 3.67. The first kappa shape index (κ1) is 12.7. The van der Waals surface area contributed by atoms with Crippen molar-refractivity contribution in [2.24, 2.45) is 0 Å². The van der Waals surface area contributed by atoms with Crippen LogP contribution in [0.3, 0.4) is 0 Å². The summed E-state index contributed by atoms with van der Waals surface area (Å²) in [6.07, 6.45) is 16.4. The molecule has 77 valence electrons. The third kappa shape index (κ3) is 11.7. The normalized spacial score (nSPS) is 11.2. The van der Waals surface area contributed by atoms with Crippen LogP contribution in [0.15, 0.2) is 12.2 Å². The summed E-state index contributed by atoms with van der Waals surface area (Å²) in [5, 5.41) is 0. The van der Waals surface area contributed by atoms with Crippen LogP contribution in [0.4, 0.5) is 0 Å². The molecule has 0 aromatic carbocycles. The van der Waals surface area contributed by atoms with Gasteiger partial charge in [0, 0.05) is 0 Å². The molecule has 0 heteroatoms. The molecule has 0 nitrogen and oxygen atoms in total. The van der Waals surface area contributed by atoms with Gasteiger partial charge in [0.1, 0.15) is 0 Å². The first-order valence-corrected chi connectivity index (χ1v) is 5.86. The number of unbranched alkanes of at least 4 members (excludes halogenated alkanes) is 7. The highest BCUT2D eigenvalue weighted by atomic mass is 13.9. The van der Waals surface area contributed by atoms with E-state index in [0.717, 1.165) is 6.42 Å². The van der Waals surface area contributed by atoms with Crippen LogP contribution < -0.4 is 0 Å². The third-order valence-electron chi connectivity index (χ3n) is 2.24. The first-order valence-electron chi connectivity index (χ1n) is 5.86. The van der Waals surface area contributed by atoms with Gasteiger partial charge in [0.2, 0.25) is 0 Å². The van der Waals surface area contributed by atoms with Crippen LogP contribution in [0.2, 0.25) is 0 Å². The van der Waals surface area contributed by atoms with Gasteiger partial charge in [-0.1, -0.05) is 64.5 Å². The van der Waals surface area contributed by atoms with E-state index in [2.05, 4.69) is 26.0 Å². The Morgan fingerprint density at radius 1 is 0.846 bits per heavy atom. The molecule has 0 aliphatic carbocycles. The molecule has 0 saturated carbocycles. The van der Waals surface area contributed by atoms with Crippen LogP contribution in [-0.2, 0) is 0 Å². The highest BCUT2D eigenvalue weighted by Crippen LogP contribution is 2.07. The first-order chi connectivity index (χ1) is 6.41. The van der Waals surface area contributed by atoms with Gasteiger partial charge in [-0.2, -0.15) is 0 Å². The van der Waals surface area contributed by atoms with Crippen LogP contribution in [0.1, 0.15) is 64.7 Å². The van der Waals surface area contributed by atoms with E-state index in [9.17, 15) is 0 Å². The monoisotopic (exact) mass is 181 g/mol. The van der Waals surface area contributed by atoms with E-state index in [0.29, 0.717) is 0 Å². The zero-order valence-corrected chi connectivity index (χ0v) is 9.23. The summed E-state index contributed by atoms with van der Waals surface area (Å²) in [6, 6.07) is 0. The van der Waals surface area contributed by atoms with Crippen molar-refractivity contribution >= 4 is 0 Å². The van der Waals surface area contributed by atoms with E-state index < -0.39 is 0 Å². The molecular weight excluding hydrogens is 156 g/mol. The molecule has 0 aliphatic rings. The summed E-state index contributed by atoms with van der Waals surface area (Å²) in [5.41, 5.74) is 0. The maximum Gasteiger partial charge on any atom is -0.0351 e. The molecule has 0 atom stereocenters. The lowest BCUT2D eigenvalue weighted by atomic mass is 10.1. The van der Waals surface area contributed by atoms with Crippen molar-refractivity contribution in [2.45, 2.75) is 64.7 Å². The maximum atomic E-state index is 3.84. The topological polar surface area (TPSA) is 0 Å². The van der Waals surface area contributed by atoms with Gasteiger partial charge in [-0.25, -0.2) is 0 Å². The lowest BCUT2D eigenvalue weighted by Gasteiger charge is -1.97. The summed E-state index contributed by atoms with van der Waals surface area (Å²) in [5.74, 6) is 0. The average Bonchev–Trinajstić information content (AvgIpc) is 2.16. The standard InChI is InChI=1S/C13H25/c1-3-5-7-9-11-13-12-10-8-6-4-2/h8,10H,1,3-7,9,11-13H2,2H3/b10-8+. The Bertz CT molecular complexity index is 103. The second kappa shape index (κ2) is 11.7. The van der Waals surface area contributed by atoms with E-state index >= 15 is 0 Å². The van der Waals surface area contributed by atoms with Crippen molar-refractivity contribution in [1.82, 2.24) is 0 Å². The molecule has 0 amide bonds. The minimum atomic E-state index is 1.11. The minimum Gasteiger partial charge on any atom is -0.0885 e. The summed E-state index contributed by atoms with van der Waals surface area (Å²) >= 11 is 0. The van der Waals surface area contributed by atoms with E-state index in [4.69, 9.17) is 0 Å². The van der Waals surface area contributed by atoms with Gasteiger partial charge in [0.25, 0.3) is 0 Å². The summed E-state index contributed by atoms with van der Waals surface area (Å²) in [6.45, 7) is 6.07. The Morgan fingerprint density at radius 3 is 2.15 bits per heavy atom. The Hall–Kier alpha value is -0.260. The van der Waals surface area contributed by atoms with E-state index in [1.807, 2.05) is 0 Å². The minimum absolute atomic E-state index is 1.11. The quantitative estimate of drug-likeness (QED) is 0.350. The smallest absolute Gasteiger partial charge is 0.0351 e. The molecule has 0 N–H and O–H groups in total. The van der Waals surface area contributed by atoms with Crippen molar-refractivity contribution in [3.8, 4) is 0 Å². The van der Waals surface area contributed by atoms with Gasteiger partial charge in [-0.05, 0) is 19.3 Å². The third-order valence-corrected chi connectivity index (χ3v) is 2.24. The zero-order valence-electron chi connectivity index (χ0n) is 9.23. The van der Waals surface area contributed by atoms with Gasteiger partial charge in [-0.15, -0.1) is 0 Å². The van der Waals surface area contributed by atoms with Crippen LogP contribution in [-0.4, -0.2) is 0 Å². The number of rotatable bonds is 9. The molecule has 1 radical (unpaired) electrons. The lowest BCUT2D eigenvalue weighted by molar-refractivity contribution is 0.621. The number of hydrogen-bond donors (Lipinski definition) is 0. The highest BCUT2D eigenvalue weighted by molar-refractivity contribution is 4.80. The molecule has 0 bridgehead atoms. The van der Waals surface area contributed by atoms with E-state index in [1.54, 1.807) is 0 Å². The van der Waals surface area contributed by atoms with Crippen molar-refractivity contribution in [1.29, 1.82) is 0 Å².